The summed E-state index contributed by atoms with van der Waals surface area (Å²) in [4.78, 5) is 28.6. The molecule has 0 saturated carbocycles. The van der Waals surface area contributed by atoms with E-state index < -0.39 is 12.0 Å². The van der Waals surface area contributed by atoms with Crippen LogP contribution in [0.25, 0.3) is 0 Å². The Balaban J connectivity index is 2.29. The summed E-state index contributed by atoms with van der Waals surface area (Å²) < 4.78 is 0. The molecule has 1 N–H and O–H groups in total. The van der Waals surface area contributed by atoms with Gasteiger partial charge in [-0.1, -0.05) is 0 Å². The fourth-order valence-electron chi connectivity index (χ4n) is 1.97. The van der Waals surface area contributed by atoms with Crippen molar-refractivity contribution in [2.24, 2.45) is 4.99 Å². The van der Waals surface area contributed by atoms with Crippen LogP contribution in [0.2, 0.25) is 0 Å². The summed E-state index contributed by atoms with van der Waals surface area (Å²) in [5, 5.41) is 8.77. The number of aliphatic carboxylic acids is 1. The first-order valence-electron chi connectivity index (χ1n) is 5.46. The molecule has 98 valence electrons. The van der Waals surface area contributed by atoms with Crippen molar-refractivity contribution in [3.63, 3.8) is 0 Å². The third-order valence-electron chi connectivity index (χ3n) is 2.70. The molecule has 0 radical (unpaired) electrons. The fourth-order valence-corrected chi connectivity index (χ4v) is 3.58. The number of halogens is 1. The van der Waals surface area contributed by atoms with Crippen LogP contribution in [0.3, 0.4) is 0 Å². The summed E-state index contributed by atoms with van der Waals surface area (Å²) in [6.45, 7) is 3.63. The lowest BCUT2D eigenvalue weighted by molar-refractivity contribution is -0.147. The number of aliphatic imine (C=N–C) groups is 1. The van der Waals surface area contributed by atoms with Gasteiger partial charge in [0.05, 0.1) is 0 Å². The highest BCUT2D eigenvalue weighted by Crippen LogP contribution is 2.42. The quantitative estimate of drug-likeness (QED) is 0.483. The second kappa shape index (κ2) is 4.93. The van der Waals surface area contributed by atoms with Crippen LogP contribution in [0.4, 0.5) is 0 Å². The van der Waals surface area contributed by atoms with Crippen molar-refractivity contribution in [1.29, 1.82) is 0 Å². The molecule has 18 heavy (non-hydrogen) atoms. The van der Waals surface area contributed by atoms with Gasteiger partial charge in [-0.3, -0.25) is 14.7 Å². The lowest BCUT2D eigenvalue weighted by Gasteiger charge is -2.48. The van der Waals surface area contributed by atoms with Crippen LogP contribution in [0.15, 0.2) is 16.8 Å². The van der Waals surface area contributed by atoms with Crippen LogP contribution in [0.5, 0.6) is 0 Å². The Morgan fingerprint density at radius 1 is 1.61 bits per heavy atom. The molecule has 1 saturated heterocycles. The number of β-lactam (4-membered cyclic amide) rings is 1. The summed E-state index contributed by atoms with van der Waals surface area (Å²) >= 11 is 7.26. The van der Waals surface area contributed by atoms with Gasteiger partial charge in [0.1, 0.15) is 11.1 Å². The molecule has 3 atom stereocenters. The molecule has 2 rings (SSSR count). The van der Waals surface area contributed by atoms with Gasteiger partial charge in [0.25, 0.3) is 5.91 Å². The van der Waals surface area contributed by atoms with Gasteiger partial charge in [0, 0.05) is 16.8 Å². The van der Waals surface area contributed by atoms with Gasteiger partial charge in [-0.25, -0.2) is 4.79 Å². The fraction of sp³-hybridized carbons (Fsp3) is 0.545. The maximum atomic E-state index is 11.9. The smallest absolute Gasteiger partial charge is 0.352 e. The predicted octanol–water partition coefficient (Wildman–Crippen LogP) is 1.33. The monoisotopic (exact) mass is 288 g/mol. The second-order valence-electron chi connectivity index (χ2n) is 4.31. The van der Waals surface area contributed by atoms with Crippen LogP contribution >= 0.6 is 23.4 Å². The number of amides is 1. The van der Waals surface area contributed by atoms with Gasteiger partial charge in [-0.05, 0) is 19.9 Å². The molecule has 0 bridgehead atoms. The van der Waals surface area contributed by atoms with E-state index in [0.717, 1.165) is 5.71 Å². The predicted molar refractivity (Wildman–Crippen MR) is 71.0 cm³/mol. The van der Waals surface area contributed by atoms with E-state index in [1.165, 1.54) is 22.7 Å². The zero-order valence-corrected chi connectivity index (χ0v) is 11.5. The van der Waals surface area contributed by atoms with Crippen molar-refractivity contribution < 1.29 is 14.7 Å². The van der Waals surface area contributed by atoms with Crippen molar-refractivity contribution in [2.75, 3.05) is 5.88 Å². The van der Waals surface area contributed by atoms with Gasteiger partial charge in [-0.2, -0.15) is 0 Å². The topological polar surface area (TPSA) is 70.0 Å². The molecule has 2 heterocycles. The molecular weight excluding hydrogens is 276 g/mol. The maximum absolute atomic E-state index is 11.9. The second-order valence-corrected chi connectivity index (χ2v) is 5.98. The molecule has 1 unspecified atom stereocenters. The molecule has 0 aromatic rings. The maximum Gasteiger partial charge on any atom is 0.352 e. The van der Waals surface area contributed by atoms with E-state index in [1.807, 2.05) is 13.8 Å². The van der Waals surface area contributed by atoms with Gasteiger partial charge in [0.15, 0.2) is 6.04 Å². The lowest BCUT2D eigenvalue weighted by Crippen LogP contribution is -2.64. The van der Waals surface area contributed by atoms with Crippen molar-refractivity contribution >= 4 is 41.0 Å². The molecule has 2 aliphatic rings. The van der Waals surface area contributed by atoms with E-state index >= 15 is 0 Å². The number of rotatable bonds is 3. The number of alkyl halides is 1. The van der Waals surface area contributed by atoms with Crippen molar-refractivity contribution in [3.05, 3.63) is 11.8 Å². The summed E-state index contributed by atoms with van der Waals surface area (Å²) in [6.07, 6.45) is 1.53. The Labute approximate surface area is 114 Å². The van der Waals surface area contributed by atoms with E-state index in [1.54, 1.807) is 0 Å². The number of carboxylic acids is 1. The van der Waals surface area contributed by atoms with Gasteiger partial charge in [0.2, 0.25) is 0 Å². The first-order chi connectivity index (χ1) is 8.45. The molecule has 0 spiro atoms. The molecule has 1 fully saturated rings. The minimum atomic E-state index is -1.10. The van der Waals surface area contributed by atoms with E-state index in [4.69, 9.17) is 16.7 Å². The number of carbonyl (C=O) groups is 2. The largest absolute Gasteiger partial charge is 0.477 e. The van der Waals surface area contributed by atoms with Gasteiger partial charge >= 0.3 is 5.97 Å². The van der Waals surface area contributed by atoms with E-state index in [2.05, 4.69) is 4.99 Å². The Hall–Kier alpha value is -1.01. The molecule has 1 amide bonds. The number of carboxylic acid groups (broad SMARTS) is 1. The first-order valence-corrected chi connectivity index (χ1v) is 6.94. The number of thioether (sulfide) groups is 1. The number of fused-ring (bicyclic) bond motifs is 1. The minimum Gasteiger partial charge on any atom is -0.477 e. The van der Waals surface area contributed by atoms with Crippen LogP contribution < -0.4 is 0 Å². The van der Waals surface area contributed by atoms with Crippen LogP contribution in [0, 0.1) is 0 Å². The van der Waals surface area contributed by atoms with Crippen molar-refractivity contribution in [3.8, 4) is 0 Å². The first kappa shape index (κ1) is 13.4. The number of hydrogen-bond acceptors (Lipinski definition) is 4. The average Bonchev–Trinajstić information content (AvgIpc) is 2.33. The third kappa shape index (κ3) is 2.14. The van der Waals surface area contributed by atoms with Crippen molar-refractivity contribution in [1.82, 2.24) is 4.90 Å². The summed E-state index contributed by atoms with van der Waals surface area (Å²) in [5.41, 5.74) is 0.831. The molecular formula is C11H13ClN2O3S. The van der Waals surface area contributed by atoms with Crippen molar-refractivity contribution in [2.45, 2.75) is 30.5 Å². The normalized spacial score (nSPS) is 30.2. The van der Waals surface area contributed by atoms with E-state index in [9.17, 15) is 9.59 Å². The van der Waals surface area contributed by atoms with Crippen LogP contribution in [-0.2, 0) is 9.59 Å². The molecule has 2 aliphatic heterocycles. The average molecular weight is 289 g/mol. The summed E-state index contributed by atoms with van der Waals surface area (Å²) in [5.74, 6) is -1.03. The molecule has 0 aliphatic carbocycles. The molecule has 0 aromatic heterocycles. The number of carbonyl (C=O) groups excluding carboxylic acids is 1. The van der Waals surface area contributed by atoms with E-state index in [-0.39, 0.29) is 22.2 Å². The third-order valence-corrected chi connectivity index (χ3v) is 4.62. The Morgan fingerprint density at radius 2 is 2.28 bits per heavy atom. The Kier molecular flexibility index (Phi) is 3.68. The highest BCUT2D eigenvalue weighted by atomic mass is 35.5. The Bertz CT molecular complexity index is 459. The number of hydrogen-bond donors (Lipinski definition) is 1. The summed E-state index contributed by atoms with van der Waals surface area (Å²) in [6, 6.07) is -0.478. The number of nitrogens with zero attached hydrogens (tertiary/aromatic N) is 2. The van der Waals surface area contributed by atoms with Gasteiger partial charge in [-0.15, -0.1) is 23.4 Å². The minimum absolute atomic E-state index is 0.0228. The summed E-state index contributed by atoms with van der Waals surface area (Å²) in [7, 11) is 0. The highest BCUT2D eigenvalue weighted by Gasteiger charge is 2.53. The molecule has 0 aromatic carbocycles. The highest BCUT2D eigenvalue weighted by molar-refractivity contribution is 8.01. The zero-order chi connectivity index (χ0) is 13.4. The molecule has 5 nitrogen and oxygen atoms in total. The van der Waals surface area contributed by atoms with Crippen LogP contribution in [-0.4, -0.2) is 50.1 Å². The lowest BCUT2D eigenvalue weighted by atomic mass is 10.1. The zero-order valence-electron chi connectivity index (χ0n) is 9.96. The van der Waals surface area contributed by atoms with Gasteiger partial charge < -0.3 is 5.11 Å². The van der Waals surface area contributed by atoms with E-state index in [0.29, 0.717) is 5.88 Å². The van der Waals surface area contributed by atoms with Crippen LogP contribution in [0.1, 0.15) is 13.8 Å². The standard InChI is InChI=1S/C11H13ClN2O3S/c1-5(2)13-8-9(15)14-7(11(16)17)3-6(4-12)18-10(8)14/h3,6,8,10H,4H2,1-2H3,(H,16,17)/t6?,8-,10-/m1/s1. The SMILES string of the molecule is CC(C)=N[C@@H]1C(=O)N2C(C(=O)O)=CC(CCl)S[C@H]12. The molecule has 7 heteroatoms. The Morgan fingerprint density at radius 3 is 2.78 bits per heavy atom.